The van der Waals surface area contributed by atoms with Gasteiger partial charge in [0, 0.05) is 21.9 Å². The predicted molar refractivity (Wildman–Crippen MR) is 94.7 cm³/mol. The van der Waals surface area contributed by atoms with Gasteiger partial charge in [-0.3, -0.25) is 4.98 Å². The van der Waals surface area contributed by atoms with Crippen LogP contribution in [0.25, 0.3) is 10.9 Å². The monoisotopic (exact) mass is 378 g/mol. The van der Waals surface area contributed by atoms with Gasteiger partial charge in [-0.05, 0) is 43.9 Å². The maximum atomic E-state index is 10.7. The molecule has 0 radical (unpaired) electrons. The highest BCUT2D eigenvalue weighted by Crippen LogP contribution is 2.32. The molecule has 1 aliphatic carbocycles. The standard InChI is InChI=1S/C16H19BrN4O2/c17-9-1-6-14-12(7-9)15(13(18)8-19-14)20-10-2-4-11(5-3-10)21-16(22)23/h1,6-8,10-11,21H,2-5,18H2,(H,19,20)(H,22,23). The molecule has 0 bridgehead atoms. The molecule has 122 valence electrons. The average Bonchev–Trinajstić information content (AvgIpc) is 2.51. The van der Waals surface area contributed by atoms with Gasteiger partial charge in [0.05, 0.1) is 23.1 Å². The summed E-state index contributed by atoms with van der Waals surface area (Å²) in [7, 11) is 0. The van der Waals surface area contributed by atoms with Crippen molar-refractivity contribution in [2.24, 2.45) is 0 Å². The Bertz CT molecular complexity index is 724. The lowest BCUT2D eigenvalue weighted by molar-refractivity contribution is 0.185. The Morgan fingerprint density at radius 1 is 1.26 bits per heavy atom. The van der Waals surface area contributed by atoms with E-state index in [0.717, 1.165) is 46.7 Å². The molecule has 1 saturated carbocycles. The molecule has 1 aromatic carbocycles. The number of anilines is 2. The fourth-order valence-corrected chi connectivity index (χ4v) is 3.46. The van der Waals surface area contributed by atoms with E-state index in [9.17, 15) is 4.79 Å². The largest absolute Gasteiger partial charge is 0.465 e. The first-order valence-electron chi connectivity index (χ1n) is 7.62. The van der Waals surface area contributed by atoms with Crippen LogP contribution in [-0.4, -0.2) is 28.3 Å². The van der Waals surface area contributed by atoms with Crippen LogP contribution in [0, 0.1) is 0 Å². The first-order chi connectivity index (χ1) is 11.0. The molecule has 0 saturated heterocycles. The fraction of sp³-hybridized carbons (Fsp3) is 0.375. The summed E-state index contributed by atoms with van der Waals surface area (Å²) in [5, 5.41) is 15.9. The number of aromatic nitrogens is 1. The SMILES string of the molecule is Nc1cnc2ccc(Br)cc2c1NC1CCC(NC(=O)O)CC1. The van der Waals surface area contributed by atoms with Crippen LogP contribution in [0.2, 0.25) is 0 Å². The fourth-order valence-electron chi connectivity index (χ4n) is 3.10. The number of hydrogen-bond acceptors (Lipinski definition) is 4. The number of hydrogen-bond donors (Lipinski definition) is 4. The number of nitrogens with two attached hydrogens (primary N) is 1. The summed E-state index contributed by atoms with van der Waals surface area (Å²) in [5.41, 5.74) is 8.55. The number of nitrogens with one attached hydrogen (secondary N) is 2. The zero-order valence-corrected chi connectivity index (χ0v) is 14.1. The van der Waals surface area contributed by atoms with Crippen molar-refractivity contribution in [1.29, 1.82) is 0 Å². The third kappa shape index (κ3) is 3.67. The molecule has 1 aromatic heterocycles. The van der Waals surface area contributed by atoms with Crippen molar-refractivity contribution in [3.05, 3.63) is 28.9 Å². The predicted octanol–water partition coefficient (Wildman–Crippen LogP) is 3.57. The molecule has 0 unspecified atom stereocenters. The highest BCUT2D eigenvalue weighted by atomic mass is 79.9. The van der Waals surface area contributed by atoms with E-state index in [0.29, 0.717) is 5.69 Å². The quantitative estimate of drug-likeness (QED) is 0.653. The van der Waals surface area contributed by atoms with Crippen molar-refractivity contribution in [2.45, 2.75) is 37.8 Å². The zero-order valence-electron chi connectivity index (χ0n) is 12.6. The molecule has 1 heterocycles. The van der Waals surface area contributed by atoms with Crippen LogP contribution >= 0.6 is 15.9 Å². The van der Waals surface area contributed by atoms with Gasteiger partial charge in [-0.25, -0.2) is 4.79 Å². The number of rotatable bonds is 3. The molecule has 1 aliphatic rings. The summed E-state index contributed by atoms with van der Waals surface area (Å²) in [5.74, 6) is 0. The minimum absolute atomic E-state index is 0.0474. The number of amides is 1. The number of halogens is 1. The van der Waals surface area contributed by atoms with Crippen molar-refractivity contribution in [3.8, 4) is 0 Å². The Hall–Kier alpha value is -2.02. The van der Waals surface area contributed by atoms with Crippen LogP contribution in [-0.2, 0) is 0 Å². The van der Waals surface area contributed by atoms with E-state index in [1.807, 2.05) is 18.2 Å². The molecule has 0 spiro atoms. The van der Waals surface area contributed by atoms with Gasteiger partial charge < -0.3 is 21.5 Å². The zero-order chi connectivity index (χ0) is 16.4. The molecule has 0 atom stereocenters. The Labute approximate surface area is 142 Å². The normalized spacial score (nSPS) is 21.1. The van der Waals surface area contributed by atoms with Crippen LogP contribution in [0.5, 0.6) is 0 Å². The number of nitrogen functional groups attached to an aromatic ring is 1. The van der Waals surface area contributed by atoms with E-state index >= 15 is 0 Å². The molecule has 1 amide bonds. The first-order valence-corrected chi connectivity index (χ1v) is 8.42. The number of carboxylic acid groups (broad SMARTS) is 1. The molecule has 5 N–H and O–H groups in total. The minimum atomic E-state index is -0.948. The van der Waals surface area contributed by atoms with Gasteiger partial charge in [0.1, 0.15) is 0 Å². The Balaban J connectivity index is 1.76. The highest BCUT2D eigenvalue weighted by Gasteiger charge is 2.23. The van der Waals surface area contributed by atoms with Gasteiger partial charge in [-0.2, -0.15) is 0 Å². The summed E-state index contributed by atoms with van der Waals surface area (Å²) in [6.45, 7) is 0. The third-order valence-corrected chi connectivity index (χ3v) is 4.76. The van der Waals surface area contributed by atoms with Gasteiger partial charge in [0.15, 0.2) is 0 Å². The van der Waals surface area contributed by atoms with Crippen molar-refractivity contribution in [3.63, 3.8) is 0 Å². The molecule has 2 aromatic rings. The lowest BCUT2D eigenvalue weighted by Gasteiger charge is -2.30. The molecule has 3 rings (SSSR count). The summed E-state index contributed by atoms with van der Waals surface area (Å²) in [4.78, 5) is 15.1. The van der Waals surface area contributed by atoms with E-state index in [1.54, 1.807) is 6.20 Å². The van der Waals surface area contributed by atoms with Crippen molar-refractivity contribution in [2.75, 3.05) is 11.1 Å². The number of benzene rings is 1. The van der Waals surface area contributed by atoms with Crippen LogP contribution in [0.15, 0.2) is 28.9 Å². The van der Waals surface area contributed by atoms with Gasteiger partial charge in [-0.1, -0.05) is 15.9 Å². The maximum absolute atomic E-state index is 10.7. The second-order valence-electron chi connectivity index (χ2n) is 5.89. The van der Waals surface area contributed by atoms with Crippen molar-refractivity contribution >= 4 is 44.3 Å². The minimum Gasteiger partial charge on any atom is -0.465 e. The van der Waals surface area contributed by atoms with Gasteiger partial charge in [0.25, 0.3) is 0 Å². The number of carbonyl (C=O) groups is 1. The summed E-state index contributed by atoms with van der Waals surface area (Å²) < 4.78 is 0.981. The van der Waals surface area contributed by atoms with E-state index < -0.39 is 6.09 Å². The molecular weight excluding hydrogens is 360 g/mol. The number of fused-ring (bicyclic) bond motifs is 1. The van der Waals surface area contributed by atoms with Crippen LogP contribution in [0.3, 0.4) is 0 Å². The lowest BCUT2D eigenvalue weighted by Crippen LogP contribution is -2.39. The lowest BCUT2D eigenvalue weighted by atomic mass is 9.91. The van der Waals surface area contributed by atoms with Gasteiger partial charge in [0.2, 0.25) is 0 Å². The average molecular weight is 379 g/mol. The van der Waals surface area contributed by atoms with Crippen LogP contribution in [0.1, 0.15) is 25.7 Å². The molecule has 23 heavy (non-hydrogen) atoms. The topological polar surface area (TPSA) is 100 Å². The molecule has 7 heteroatoms. The van der Waals surface area contributed by atoms with Gasteiger partial charge in [-0.15, -0.1) is 0 Å². The Kier molecular flexibility index (Phi) is 4.56. The molecule has 6 nitrogen and oxygen atoms in total. The Morgan fingerprint density at radius 3 is 2.65 bits per heavy atom. The summed E-state index contributed by atoms with van der Waals surface area (Å²) >= 11 is 3.49. The van der Waals surface area contributed by atoms with E-state index in [2.05, 4.69) is 31.5 Å². The molecular formula is C16H19BrN4O2. The van der Waals surface area contributed by atoms with Crippen LogP contribution < -0.4 is 16.4 Å². The van der Waals surface area contributed by atoms with Crippen molar-refractivity contribution in [1.82, 2.24) is 10.3 Å². The van der Waals surface area contributed by atoms with Crippen LogP contribution in [0.4, 0.5) is 16.2 Å². The first kappa shape index (κ1) is 15.9. The second-order valence-corrected chi connectivity index (χ2v) is 6.81. The van der Waals surface area contributed by atoms with Crippen molar-refractivity contribution < 1.29 is 9.90 Å². The number of pyridine rings is 1. The second kappa shape index (κ2) is 6.62. The summed E-state index contributed by atoms with van der Waals surface area (Å²) in [6.07, 6.45) is 4.20. The Morgan fingerprint density at radius 2 is 1.96 bits per heavy atom. The third-order valence-electron chi connectivity index (χ3n) is 4.26. The van der Waals surface area contributed by atoms with E-state index in [4.69, 9.17) is 10.8 Å². The molecule has 1 fully saturated rings. The van der Waals surface area contributed by atoms with E-state index in [1.165, 1.54) is 0 Å². The smallest absolute Gasteiger partial charge is 0.404 e. The number of nitrogens with zero attached hydrogens (tertiary/aromatic N) is 1. The van der Waals surface area contributed by atoms with E-state index in [-0.39, 0.29) is 12.1 Å². The van der Waals surface area contributed by atoms with Gasteiger partial charge >= 0.3 is 6.09 Å². The maximum Gasteiger partial charge on any atom is 0.404 e. The highest BCUT2D eigenvalue weighted by molar-refractivity contribution is 9.10. The summed E-state index contributed by atoms with van der Waals surface area (Å²) in [6, 6.07) is 6.26. The molecule has 0 aliphatic heterocycles.